The Labute approximate surface area is 61.0 Å². The van der Waals surface area contributed by atoms with Gasteiger partial charge in [0, 0.05) is 17.1 Å². The highest BCUT2D eigenvalue weighted by Crippen LogP contribution is 2.06. The summed E-state index contributed by atoms with van der Waals surface area (Å²) < 4.78 is 12.4. The van der Waals surface area contributed by atoms with E-state index in [-0.39, 0.29) is 0 Å². The van der Waals surface area contributed by atoms with Crippen molar-refractivity contribution in [3.63, 3.8) is 0 Å². The van der Waals surface area contributed by atoms with Crippen LogP contribution in [0.15, 0.2) is 18.3 Å². The van der Waals surface area contributed by atoms with E-state index in [1.54, 1.807) is 12.1 Å². The van der Waals surface area contributed by atoms with Crippen molar-refractivity contribution < 1.29 is 4.39 Å². The number of nitrogens with zero attached hydrogens (tertiary/aromatic N) is 1. The van der Waals surface area contributed by atoms with Gasteiger partial charge in [-0.1, -0.05) is 22.0 Å². The number of hydrogen-bond acceptors (Lipinski definition) is 1. The van der Waals surface area contributed by atoms with Crippen LogP contribution in [0.1, 0.15) is 5.56 Å². The van der Waals surface area contributed by atoms with Crippen LogP contribution in [0, 0.1) is 5.95 Å². The molecule has 1 heterocycles. The molecule has 0 fully saturated rings. The summed E-state index contributed by atoms with van der Waals surface area (Å²) in [6.07, 6.45) is 1.43. The van der Waals surface area contributed by atoms with Crippen molar-refractivity contribution in [2.45, 2.75) is 5.33 Å². The van der Waals surface area contributed by atoms with Gasteiger partial charge in [0.25, 0.3) is 0 Å². The van der Waals surface area contributed by atoms with Crippen molar-refractivity contribution in [2.75, 3.05) is 0 Å². The summed E-state index contributed by atoms with van der Waals surface area (Å²) >= 11 is 3.13. The predicted molar refractivity (Wildman–Crippen MR) is 36.8 cm³/mol. The molecule has 0 N–H and O–H groups in total. The first-order chi connectivity index (χ1) is 4.34. The maximum absolute atomic E-state index is 12.4. The van der Waals surface area contributed by atoms with Gasteiger partial charge in [0.2, 0.25) is 5.95 Å². The maximum Gasteiger partial charge on any atom is 0.216 e. The van der Waals surface area contributed by atoms with Crippen molar-refractivity contribution >= 4 is 15.9 Å². The second-order valence-electron chi connectivity index (χ2n) is 1.59. The Morgan fingerprint density at radius 2 is 2.44 bits per heavy atom. The molecule has 0 aliphatic rings. The maximum atomic E-state index is 12.4. The van der Waals surface area contributed by atoms with Crippen molar-refractivity contribution in [1.29, 1.82) is 0 Å². The van der Waals surface area contributed by atoms with Crippen molar-refractivity contribution in [3.8, 4) is 0 Å². The van der Waals surface area contributed by atoms with Gasteiger partial charge in [0.15, 0.2) is 0 Å². The quantitative estimate of drug-likeness (QED) is 0.488. The molecular formula is C6H5BrFN. The van der Waals surface area contributed by atoms with Crippen LogP contribution in [0.3, 0.4) is 0 Å². The zero-order valence-electron chi connectivity index (χ0n) is 4.64. The van der Waals surface area contributed by atoms with Gasteiger partial charge in [-0.05, 0) is 6.07 Å². The standard InChI is InChI=1S/C6H5BrFN/c7-4-5-2-1-3-9-6(5)8/h1-3H,4H2. The van der Waals surface area contributed by atoms with Crippen molar-refractivity contribution in [3.05, 3.63) is 29.8 Å². The fraction of sp³-hybridized carbons (Fsp3) is 0.167. The molecule has 1 rings (SSSR count). The summed E-state index contributed by atoms with van der Waals surface area (Å²) in [4.78, 5) is 3.45. The summed E-state index contributed by atoms with van der Waals surface area (Å²) in [6, 6.07) is 3.40. The minimum atomic E-state index is -0.394. The third-order valence-electron chi connectivity index (χ3n) is 0.980. The topological polar surface area (TPSA) is 12.9 Å². The van der Waals surface area contributed by atoms with Crippen molar-refractivity contribution in [2.24, 2.45) is 0 Å². The molecule has 3 heteroatoms. The molecular weight excluding hydrogens is 185 g/mol. The van der Waals surface area contributed by atoms with E-state index in [1.165, 1.54) is 6.20 Å². The largest absolute Gasteiger partial charge is 0.228 e. The predicted octanol–water partition coefficient (Wildman–Crippen LogP) is 2.12. The molecule has 0 spiro atoms. The van der Waals surface area contributed by atoms with Crippen LogP contribution < -0.4 is 0 Å². The molecule has 0 atom stereocenters. The number of aromatic nitrogens is 1. The highest BCUT2D eigenvalue weighted by molar-refractivity contribution is 9.08. The zero-order valence-corrected chi connectivity index (χ0v) is 6.23. The first kappa shape index (κ1) is 6.68. The highest BCUT2D eigenvalue weighted by atomic mass is 79.9. The van der Waals surface area contributed by atoms with Gasteiger partial charge in [0.05, 0.1) is 0 Å². The van der Waals surface area contributed by atoms with Gasteiger partial charge >= 0.3 is 0 Å². The van der Waals surface area contributed by atoms with Gasteiger partial charge in [-0.25, -0.2) is 4.98 Å². The second kappa shape index (κ2) is 2.92. The Bertz CT molecular complexity index is 202. The molecule has 1 aromatic rings. The van der Waals surface area contributed by atoms with E-state index in [0.29, 0.717) is 10.9 Å². The molecule has 0 aliphatic heterocycles. The number of pyridine rings is 1. The normalized spacial score (nSPS) is 9.56. The molecule has 1 nitrogen and oxygen atoms in total. The van der Waals surface area contributed by atoms with E-state index >= 15 is 0 Å². The Morgan fingerprint density at radius 1 is 1.67 bits per heavy atom. The lowest BCUT2D eigenvalue weighted by atomic mass is 10.3. The van der Waals surface area contributed by atoms with E-state index in [0.717, 1.165) is 0 Å². The van der Waals surface area contributed by atoms with E-state index in [2.05, 4.69) is 20.9 Å². The minimum Gasteiger partial charge on any atom is -0.228 e. The molecule has 0 bridgehead atoms. The monoisotopic (exact) mass is 189 g/mol. The Hall–Kier alpha value is -0.440. The van der Waals surface area contributed by atoms with Crippen LogP contribution in [0.4, 0.5) is 4.39 Å². The number of rotatable bonds is 1. The SMILES string of the molecule is Fc1ncccc1CBr. The van der Waals surface area contributed by atoms with Crippen LogP contribution in [0.5, 0.6) is 0 Å². The number of hydrogen-bond donors (Lipinski definition) is 0. The number of halogens is 2. The van der Waals surface area contributed by atoms with Crippen LogP contribution in [0.25, 0.3) is 0 Å². The average Bonchev–Trinajstić information content (AvgIpc) is 1.89. The molecule has 1 aromatic heterocycles. The Morgan fingerprint density at radius 3 is 2.89 bits per heavy atom. The lowest BCUT2D eigenvalue weighted by molar-refractivity contribution is 0.573. The van der Waals surface area contributed by atoms with E-state index < -0.39 is 5.95 Å². The summed E-state index contributed by atoms with van der Waals surface area (Å²) in [6.45, 7) is 0. The molecule has 0 saturated heterocycles. The Balaban J connectivity index is 3.01. The lowest BCUT2D eigenvalue weighted by Crippen LogP contribution is -1.87. The first-order valence-corrected chi connectivity index (χ1v) is 3.62. The van der Waals surface area contributed by atoms with E-state index in [9.17, 15) is 4.39 Å². The molecule has 0 aliphatic carbocycles. The second-order valence-corrected chi connectivity index (χ2v) is 2.15. The summed E-state index contributed by atoms with van der Waals surface area (Å²) in [7, 11) is 0. The van der Waals surface area contributed by atoms with Crippen LogP contribution in [-0.2, 0) is 5.33 Å². The minimum absolute atomic E-state index is 0.394. The highest BCUT2D eigenvalue weighted by Gasteiger charge is 1.96. The van der Waals surface area contributed by atoms with E-state index in [4.69, 9.17) is 0 Å². The third kappa shape index (κ3) is 1.48. The zero-order chi connectivity index (χ0) is 6.69. The smallest absolute Gasteiger partial charge is 0.216 e. The summed E-state index contributed by atoms with van der Waals surface area (Å²) in [5.41, 5.74) is 0.595. The molecule has 0 amide bonds. The summed E-state index contributed by atoms with van der Waals surface area (Å²) in [5.74, 6) is -0.394. The molecule has 9 heavy (non-hydrogen) atoms. The van der Waals surface area contributed by atoms with Gasteiger partial charge in [-0.3, -0.25) is 0 Å². The van der Waals surface area contributed by atoms with Gasteiger partial charge < -0.3 is 0 Å². The van der Waals surface area contributed by atoms with Crippen LogP contribution >= 0.6 is 15.9 Å². The van der Waals surface area contributed by atoms with Crippen LogP contribution in [-0.4, -0.2) is 4.98 Å². The van der Waals surface area contributed by atoms with Crippen molar-refractivity contribution in [1.82, 2.24) is 4.98 Å². The van der Waals surface area contributed by atoms with Gasteiger partial charge in [0.1, 0.15) is 0 Å². The third-order valence-corrected chi connectivity index (χ3v) is 1.58. The molecule has 48 valence electrons. The molecule has 0 aromatic carbocycles. The van der Waals surface area contributed by atoms with E-state index in [1.807, 2.05) is 0 Å². The van der Waals surface area contributed by atoms with Gasteiger partial charge in [-0.15, -0.1) is 0 Å². The summed E-state index contributed by atoms with van der Waals surface area (Å²) in [5, 5.41) is 0.521. The Kier molecular flexibility index (Phi) is 2.16. The van der Waals surface area contributed by atoms with Crippen LogP contribution in [0.2, 0.25) is 0 Å². The number of alkyl halides is 1. The molecule has 0 saturated carbocycles. The molecule has 0 radical (unpaired) electrons. The lowest BCUT2D eigenvalue weighted by Gasteiger charge is -1.92. The average molecular weight is 190 g/mol. The first-order valence-electron chi connectivity index (χ1n) is 2.50. The molecule has 0 unspecified atom stereocenters. The fourth-order valence-electron chi connectivity index (χ4n) is 0.519. The fourth-order valence-corrected chi connectivity index (χ4v) is 0.937. The van der Waals surface area contributed by atoms with Gasteiger partial charge in [-0.2, -0.15) is 4.39 Å².